The quantitative estimate of drug-likeness (QED) is 0.0868. The van der Waals surface area contributed by atoms with E-state index >= 15 is 0 Å². The molecule has 12 heteroatoms. The summed E-state index contributed by atoms with van der Waals surface area (Å²) in [6, 6.07) is 6.99. The van der Waals surface area contributed by atoms with Gasteiger partial charge in [-0.2, -0.15) is 0 Å². The lowest BCUT2D eigenvalue weighted by Crippen LogP contribution is -2.29. The van der Waals surface area contributed by atoms with E-state index in [1.165, 1.54) is 11.8 Å². The van der Waals surface area contributed by atoms with Crippen LogP contribution in [0.15, 0.2) is 24.3 Å². The van der Waals surface area contributed by atoms with Gasteiger partial charge in [0.2, 0.25) is 5.91 Å². The molecule has 2 amide bonds. The van der Waals surface area contributed by atoms with Gasteiger partial charge in [-0.15, -0.1) is 17.7 Å². The van der Waals surface area contributed by atoms with Crippen molar-refractivity contribution in [3.05, 3.63) is 29.8 Å². The first-order chi connectivity index (χ1) is 19.6. The van der Waals surface area contributed by atoms with E-state index < -0.39 is 0 Å². The van der Waals surface area contributed by atoms with Gasteiger partial charge in [-0.3, -0.25) is 9.59 Å². The van der Waals surface area contributed by atoms with Crippen molar-refractivity contribution in [3.63, 3.8) is 0 Å². The maximum absolute atomic E-state index is 12.1. The number of hydrogen-bond acceptors (Lipinski definition) is 10. The van der Waals surface area contributed by atoms with Crippen LogP contribution in [-0.4, -0.2) is 96.0 Å². The zero-order valence-electron chi connectivity index (χ0n) is 25.3. The van der Waals surface area contributed by atoms with E-state index in [1.807, 2.05) is 27.0 Å². The van der Waals surface area contributed by atoms with Crippen LogP contribution in [-0.2, 0) is 23.7 Å². The number of hydrogen-bond donors (Lipinski definition) is 4. The second-order valence-corrected chi connectivity index (χ2v) is 8.85. The summed E-state index contributed by atoms with van der Waals surface area (Å²) in [5.41, 5.74) is 5.77. The van der Waals surface area contributed by atoms with Crippen molar-refractivity contribution >= 4 is 23.6 Å². The van der Waals surface area contributed by atoms with Crippen molar-refractivity contribution < 1.29 is 37.6 Å². The molecule has 0 spiro atoms. The Labute approximate surface area is 255 Å². The Morgan fingerprint density at radius 1 is 1.00 bits per heavy atom. The first kappa shape index (κ1) is 40.8. The summed E-state index contributed by atoms with van der Waals surface area (Å²) in [5.74, 6) is 6.20. The monoisotopic (exact) mass is 606 g/mol. The molecule has 0 heterocycles. The van der Waals surface area contributed by atoms with E-state index in [4.69, 9.17) is 29.4 Å². The molecule has 41 heavy (non-hydrogen) atoms. The van der Waals surface area contributed by atoms with Crippen LogP contribution in [0.2, 0.25) is 0 Å². The Balaban J connectivity index is -0.000000826. The summed E-state index contributed by atoms with van der Waals surface area (Å²) >= 11 is 1.53. The van der Waals surface area contributed by atoms with Crippen molar-refractivity contribution in [3.8, 4) is 17.6 Å². The molecule has 0 saturated carbocycles. The largest absolute Gasteiger partial charge is 0.490 e. The highest BCUT2D eigenvalue weighted by molar-refractivity contribution is 7.99. The Bertz CT molecular complexity index is 853. The van der Waals surface area contributed by atoms with Gasteiger partial charge in [0.25, 0.3) is 5.91 Å². The van der Waals surface area contributed by atoms with Crippen LogP contribution in [0.4, 0.5) is 0 Å². The van der Waals surface area contributed by atoms with E-state index in [9.17, 15) is 9.59 Å². The predicted molar refractivity (Wildman–Crippen MR) is 172 cm³/mol. The number of nitrogens with one attached hydrogen (secondary N) is 2. The maximum Gasteiger partial charge on any atom is 0.251 e. The predicted octanol–water partition coefficient (Wildman–Crippen LogP) is 3.75. The van der Waals surface area contributed by atoms with Crippen molar-refractivity contribution in [1.29, 1.82) is 0 Å². The van der Waals surface area contributed by atoms with E-state index in [-0.39, 0.29) is 27.7 Å². The molecule has 0 fully saturated rings. The molecule has 0 bridgehead atoms. The number of carbonyl (C=O) groups excluding carboxylic acids is 2. The molecule has 7 N–H and O–H groups in total. The minimum Gasteiger partial charge on any atom is -0.490 e. The van der Waals surface area contributed by atoms with Gasteiger partial charge in [-0.25, -0.2) is 0 Å². The Morgan fingerprint density at radius 3 is 2.44 bits per heavy atom. The summed E-state index contributed by atoms with van der Waals surface area (Å²) in [5, 5.41) is 5.54. The third kappa shape index (κ3) is 24.0. The topological polar surface area (TPSA) is 165 Å². The summed E-state index contributed by atoms with van der Waals surface area (Å²) in [7, 11) is 0. The lowest BCUT2D eigenvalue weighted by atomic mass is 10.2. The van der Waals surface area contributed by atoms with E-state index in [0.29, 0.717) is 96.6 Å². The van der Waals surface area contributed by atoms with Gasteiger partial charge >= 0.3 is 0 Å². The SMILES string of the molecule is CC.CCC#CCOCCNC(=O)CCCOCCOCCOC(COc1cccc(C(=O)NCCN)c1)SC.N.[HH].[HH].[HH]. The molecule has 0 aromatic heterocycles. The van der Waals surface area contributed by atoms with E-state index in [2.05, 4.69) is 22.5 Å². The normalized spacial score (nSPS) is 10.7. The van der Waals surface area contributed by atoms with E-state index in [1.54, 1.807) is 24.3 Å². The van der Waals surface area contributed by atoms with Gasteiger partial charge in [0.05, 0.1) is 33.0 Å². The molecule has 0 radical (unpaired) electrons. The van der Waals surface area contributed by atoms with Crippen LogP contribution in [0.1, 0.15) is 54.7 Å². The molecule has 1 aromatic carbocycles. The molecule has 242 valence electrons. The van der Waals surface area contributed by atoms with Crippen molar-refractivity contribution in [2.75, 3.05) is 78.7 Å². The van der Waals surface area contributed by atoms with Crippen LogP contribution in [0.5, 0.6) is 5.75 Å². The number of ether oxygens (including phenoxy) is 5. The minimum absolute atomic E-state index is 0. The number of benzene rings is 1. The van der Waals surface area contributed by atoms with Gasteiger partial charge in [0, 0.05) is 48.9 Å². The average Bonchev–Trinajstić information content (AvgIpc) is 2.99. The van der Waals surface area contributed by atoms with Crippen molar-refractivity contribution in [2.24, 2.45) is 5.73 Å². The summed E-state index contributed by atoms with van der Waals surface area (Å²) in [6.45, 7) is 10.7. The smallest absolute Gasteiger partial charge is 0.251 e. The molecule has 1 aromatic rings. The van der Waals surface area contributed by atoms with Crippen molar-refractivity contribution in [1.82, 2.24) is 16.8 Å². The number of carbonyl (C=O) groups is 2. The summed E-state index contributed by atoms with van der Waals surface area (Å²) in [4.78, 5) is 23.8. The van der Waals surface area contributed by atoms with Crippen LogP contribution in [0.3, 0.4) is 0 Å². The number of nitrogens with two attached hydrogens (primary N) is 1. The molecule has 11 nitrogen and oxygen atoms in total. The number of thioether (sulfide) groups is 1. The highest BCUT2D eigenvalue weighted by atomic mass is 32.2. The Kier molecular flexibility index (Phi) is 30.4. The summed E-state index contributed by atoms with van der Waals surface area (Å²) < 4.78 is 27.9. The van der Waals surface area contributed by atoms with Gasteiger partial charge < -0.3 is 46.2 Å². The van der Waals surface area contributed by atoms with Gasteiger partial charge in [0.15, 0.2) is 0 Å². The Morgan fingerprint density at radius 2 is 1.73 bits per heavy atom. The molecule has 0 aliphatic rings. The maximum atomic E-state index is 12.1. The highest BCUT2D eigenvalue weighted by Crippen LogP contribution is 2.16. The third-order valence-corrected chi connectivity index (χ3v) is 5.61. The van der Waals surface area contributed by atoms with Crippen LogP contribution < -0.4 is 27.3 Å². The van der Waals surface area contributed by atoms with Gasteiger partial charge in [0.1, 0.15) is 24.4 Å². The number of amides is 2. The molecule has 0 aliphatic heterocycles. The number of rotatable bonds is 22. The molecule has 1 rings (SSSR count). The van der Waals surface area contributed by atoms with E-state index in [0.717, 1.165) is 6.42 Å². The lowest BCUT2D eigenvalue weighted by molar-refractivity contribution is -0.121. The second kappa shape index (κ2) is 30.6. The first-order valence-electron chi connectivity index (χ1n) is 13.9. The lowest BCUT2D eigenvalue weighted by Gasteiger charge is -2.17. The molecular formula is C29H58N4O7S. The minimum atomic E-state index is -0.184. The zero-order chi connectivity index (χ0) is 29.7. The van der Waals surface area contributed by atoms with Crippen LogP contribution in [0, 0.1) is 11.8 Å². The standard InChI is InChI=1S/C27H43N3O7S.C2H6.H3N.3H2/c1-3-4-5-14-33-16-13-29-25(31)10-7-15-34-17-18-35-19-20-36-26(38-2)22-37-24-9-6-8-23(21-24)27(32)30-12-11-28;1-2;;;;/h6,8-9,21,26H,3,7,10-20,22,28H2,1-2H3,(H,29,31)(H,30,32);1-2H3;1H3;3*1H. The molecular weight excluding hydrogens is 548 g/mol. The molecule has 1 unspecified atom stereocenters. The van der Waals surface area contributed by atoms with Crippen LogP contribution in [0.25, 0.3) is 0 Å². The Hall–Kier alpha value is -2.37. The fourth-order valence-corrected chi connectivity index (χ4v) is 3.35. The molecule has 0 saturated heterocycles. The fourth-order valence-electron chi connectivity index (χ4n) is 2.91. The molecule has 0 aliphatic carbocycles. The average molecular weight is 607 g/mol. The summed E-state index contributed by atoms with van der Waals surface area (Å²) in [6.07, 6.45) is 3.81. The molecule has 1 atom stereocenters. The van der Waals surface area contributed by atoms with Crippen molar-refractivity contribution in [2.45, 2.75) is 45.5 Å². The first-order valence-corrected chi connectivity index (χ1v) is 15.2. The second-order valence-electron chi connectivity index (χ2n) is 7.86. The van der Waals surface area contributed by atoms with Gasteiger partial charge in [-0.05, 0) is 30.9 Å². The third-order valence-electron chi connectivity index (χ3n) is 4.82. The van der Waals surface area contributed by atoms with Gasteiger partial charge in [-0.1, -0.05) is 32.8 Å². The zero-order valence-corrected chi connectivity index (χ0v) is 26.2. The van der Waals surface area contributed by atoms with Crippen LogP contribution >= 0.6 is 11.8 Å². The fraction of sp³-hybridized carbons (Fsp3) is 0.655. The highest BCUT2D eigenvalue weighted by Gasteiger charge is 2.10.